The average molecular weight is 336 g/mol. The third kappa shape index (κ3) is 3.77. The molecule has 0 atom stereocenters. The number of aliphatic hydroxyl groups is 1. The first-order chi connectivity index (χ1) is 8.28. The van der Waals surface area contributed by atoms with Crippen molar-refractivity contribution in [3.63, 3.8) is 0 Å². The third-order valence-electron chi connectivity index (χ3n) is 1.95. The summed E-state index contributed by atoms with van der Waals surface area (Å²) in [4.78, 5) is 3.06. The summed E-state index contributed by atoms with van der Waals surface area (Å²) in [7, 11) is 0. The van der Waals surface area contributed by atoms with E-state index in [1.54, 1.807) is 0 Å². The minimum Gasteiger partial charge on any atom is -0.392 e. The van der Waals surface area contributed by atoms with Gasteiger partial charge in [-0.3, -0.25) is 0 Å². The molecule has 1 rings (SSSR count). The molecule has 0 spiro atoms. The summed E-state index contributed by atoms with van der Waals surface area (Å²) in [5, 5.41) is 8.93. The van der Waals surface area contributed by atoms with Crippen LogP contribution in [0.2, 0.25) is 0 Å². The van der Waals surface area contributed by atoms with Crippen molar-refractivity contribution < 1.29 is 31.8 Å². The summed E-state index contributed by atoms with van der Waals surface area (Å²) in [6.07, 6.45) is -8.13. The topological polar surface area (TPSA) is 42.4 Å². The van der Waals surface area contributed by atoms with Crippen LogP contribution in [0.3, 0.4) is 0 Å². The van der Waals surface area contributed by atoms with E-state index in [1.807, 2.05) is 0 Å². The minimum atomic E-state index is -5.02. The molecule has 0 aliphatic carbocycles. The quantitative estimate of drug-likeness (QED) is 0.678. The second-order valence-corrected chi connectivity index (χ2v) is 3.68. The van der Waals surface area contributed by atoms with Gasteiger partial charge in [0, 0.05) is 17.0 Å². The first-order valence-electron chi connectivity index (χ1n) is 4.52. The molecule has 0 aliphatic rings. The molecule has 0 aromatic carbocycles. The second-order valence-electron chi connectivity index (χ2n) is 3.12. The van der Waals surface area contributed by atoms with Gasteiger partial charge in [0.2, 0.25) is 5.88 Å². The Bertz CT molecular complexity index is 424. The van der Waals surface area contributed by atoms with Crippen LogP contribution in [0.5, 0.6) is 5.88 Å². The standard InChI is InChI=1S/C9H7BrF5NO2/c10-2-4-1-6(18-9(13,14)15)16-7(8(11)12)5(4)3-17/h1,8,17H,2-3H2. The molecule has 0 bridgehead atoms. The predicted molar refractivity (Wildman–Crippen MR) is 54.4 cm³/mol. The number of ether oxygens (including phenoxy) is 1. The molecule has 102 valence electrons. The normalized spacial score (nSPS) is 12.0. The largest absolute Gasteiger partial charge is 0.574 e. The van der Waals surface area contributed by atoms with E-state index in [0.717, 1.165) is 6.07 Å². The van der Waals surface area contributed by atoms with E-state index in [0.29, 0.717) is 0 Å². The second kappa shape index (κ2) is 5.79. The Labute approximate surface area is 107 Å². The fourth-order valence-electron chi connectivity index (χ4n) is 1.27. The molecule has 9 heteroatoms. The molecule has 0 saturated heterocycles. The maximum atomic E-state index is 12.6. The Morgan fingerprint density at radius 2 is 2.00 bits per heavy atom. The highest BCUT2D eigenvalue weighted by atomic mass is 79.9. The highest BCUT2D eigenvalue weighted by Crippen LogP contribution is 2.30. The molecule has 0 radical (unpaired) electrons. The number of pyridine rings is 1. The lowest BCUT2D eigenvalue weighted by molar-refractivity contribution is -0.276. The summed E-state index contributed by atoms with van der Waals surface area (Å²) in [5.74, 6) is -0.982. The smallest absolute Gasteiger partial charge is 0.392 e. The molecular weight excluding hydrogens is 329 g/mol. The summed E-state index contributed by atoms with van der Waals surface area (Å²) in [6.45, 7) is -0.750. The number of aromatic nitrogens is 1. The molecule has 0 aliphatic heterocycles. The van der Waals surface area contributed by atoms with Gasteiger partial charge in [-0.25, -0.2) is 13.8 Å². The van der Waals surface area contributed by atoms with E-state index in [2.05, 4.69) is 25.7 Å². The Hall–Kier alpha value is -0.960. The highest BCUT2D eigenvalue weighted by molar-refractivity contribution is 9.08. The molecule has 1 N–H and O–H groups in total. The third-order valence-corrected chi connectivity index (χ3v) is 2.56. The van der Waals surface area contributed by atoms with Gasteiger partial charge in [-0.1, -0.05) is 15.9 Å². The van der Waals surface area contributed by atoms with Gasteiger partial charge in [-0.2, -0.15) is 0 Å². The zero-order valence-electron chi connectivity index (χ0n) is 8.64. The van der Waals surface area contributed by atoms with Crippen LogP contribution in [-0.4, -0.2) is 16.5 Å². The van der Waals surface area contributed by atoms with E-state index in [4.69, 9.17) is 5.11 Å². The van der Waals surface area contributed by atoms with E-state index in [9.17, 15) is 22.0 Å². The molecular formula is C9H7BrF5NO2. The van der Waals surface area contributed by atoms with Gasteiger partial charge < -0.3 is 9.84 Å². The summed E-state index contributed by atoms with van der Waals surface area (Å²) in [6, 6.07) is 0.847. The van der Waals surface area contributed by atoms with E-state index < -0.39 is 31.0 Å². The van der Waals surface area contributed by atoms with Gasteiger partial charge >= 0.3 is 6.36 Å². The molecule has 18 heavy (non-hydrogen) atoms. The first kappa shape index (κ1) is 15.1. The van der Waals surface area contributed by atoms with Gasteiger partial charge in [0.05, 0.1) is 6.61 Å². The Kier molecular flexibility index (Phi) is 4.85. The van der Waals surface area contributed by atoms with Crippen LogP contribution in [0, 0.1) is 0 Å². The number of hydrogen-bond acceptors (Lipinski definition) is 3. The van der Waals surface area contributed by atoms with Gasteiger partial charge in [-0.05, 0) is 5.56 Å². The molecule has 3 nitrogen and oxygen atoms in total. The van der Waals surface area contributed by atoms with Crippen molar-refractivity contribution in [1.29, 1.82) is 0 Å². The van der Waals surface area contributed by atoms with Gasteiger partial charge in [0.1, 0.15) is 5.69 Å². The number of hydrogen-bond donors (Lipinski definition) is 1. The monoisotopic (exact) mass is 335 g/mol. The van der Waals surface area contributed by atoms with Crippen LogP contribution in [0.15, 0.2) is 6.07 Å². The van der Waals surface area contributed by atoms with Crippen molar-refractivity contribution in [1.82, 2.24) is 4.98 Å². The lowest BCUT2D eigenvalue weighted by Gasteiger charge is -2.14. The zero-order valence-corrected chi connectivity index (χ0v) is 10.2. The zero-order chi connectivity index (χ0) is 13.9. The Morgan fingerprint density at radius 1 is 1.39 bits per heavy atom. The van der Waals surface area contributed by atoms with Crippen molar-refractivity contribution in [2.45, 2.75) is 24.7 Å². The molecule has 0 unspecified atom stereocenters. The molecule has 0 amide bonds. The van der Waals surface area contributed by atoms with E-state index in [1.165, 1.54) is 0 Å². The number of alkyl halides is 6. The Balaban J connectivity index is 3.27. The van der Waals surface area contributed by atoms with Crippen molar-refractivity contribution in [2.24, 2.45) is 0 Å². The van der Waals surface area contributed by atoms with Crippen molar-refractivity contribution in [3.8, 4) is 5.88 Å². The van der Waals surface area contributed by atoms with Crippen LogP contribution in [0.25, 0.3) is 0 Å². The fraction of sp³-hybridized carbons (Fsp3) is 0.444. The van der Waals surface area contributed by atoms with Gasteiger partial charge in [0.15, 0.2) is 0 Å². The minimum absolute atomic E-state index is 0.0145. The molecule has 0 fully saturated rings. The predicted octanol–water partition coefficient (Wildman–Crippen LogP) is 3.31. The maximum absolute atomic E-state index is 12.6. The van der Waals surface area contributed by atoms with E-state index in [-0.39, 0.29) is 16.5 Å². The van der Waals surface area contributed by atoms with Gasteiger partial charge in [-0.15, -0.1) is 13.2 Å². The van der Waals surface area contributed by atoms with Crippen molar-refractivity contribution in [3.05, 3.63) is 22.9 Å². The van der Waals surface area contributed by atoms with E-state index >= 15 is 0 Å². The first-order valence-corrected chi connectivity index (χ1v) is 5.64. The summed E-state index contributed by atoms with van der Waals surface area (Å²) in [5.41, 5.74) is -1.08. The number of halogens is 6. The SMILES string of the molecule is OCc1c(CBr)cc(OC(F)(F)F)nc1C(F)F. The lowest BCUT2D eigenvalue weighted by atomic mass is 10.1. The molecule has 1 aromatic rings. The van der Waals surface area contributed by atoms with Crippen LogP contribution >= 0.6 is 15.9 Å². The fourth-order valence-corrected chi connectivity index (χ4v) is 1.77. The van der Waals surface area contributed by atoms with Crippen LogP contribution < -0.4 is 4.74 Å². The average Bonchev–Trinajstić information content (AvgIpc) is 2.25. The number of nitrogens with zero attached hydrogens (tertiary/aromatic N) is 1. The van der Waals surface area contributed by atoms with Crippen LogP contribution in [-0.2, 0) is 11.9 Å². The number of rotatable bonds is 4. The lowest BCUT2D eigenvalue weighted by Crippen LogP contribution is -2.19. The summed E-state index contributed by atoms with van der Waals surface area (Å²) < 4.78 is 64.7. The highest BCUT2D eigenvalue weighted by Gasteiger charge is 2.33. The molecule has 1 aromatic heterocycles. The summed E-state index contributed by atoms with van der Waals surface area (Å²) >= 11 is 2.93. The number of aliphatic hydroxyl groups excluding tert-OH is 1. The van der Waals surface area contributed by atoms with Crippen molar-refractivity contribution >= 4 is 15.9 Å². The van der Waals surface area contributed by atoms with Gasteiger partial charge in [0.25, 0.3) is 6.43 Å². The van der Waals surface area contributed by atoms with Crippen molar-refractivity contribution in [2.75, 3.05) is 0 Å². The van der Waals surface area contributed by atoms with Crippen LogP contribution in [0.1, 0.15) is 23.2 Å². The van der Waals surface area contributed by atoms with Crippen LogP contribution in [0.4, 0.5) is 22.0 Å². The maximum Gasteiger partial charge on any atom is 0.574 e. The molecule has 1 heterocycles. The molecule has 0 saturated carbocycles. The Morgan fingerprint density at radius 3 is 2.39 bits per heavy atom.